The Labute approximate surface area is 254 Å². The second-order valence-electron chi connectivity index (χ2n) is 11.5. The van der Waals surface area contributed by atoms with Crippen LogP contribution in [0.3, 0.4) is 0 Å². The topological polar surface area (TPSA) is 56.3 Å². The van der Waals surface area contributed by atoms with Gasteiger partial charge in [-0.25, -0.2) is 0 Å². The number of anilines is 2. The van der Waals surface area contributed by atoms with Gasteiger partial charge in [-0.3, -0.25) is 14.5 Å². The Balaban J connectivity index is 1.36. The van der Waals surface area contributed by atoms with Crippen molar-refractivity contribution in [2.45, 2.75) is 38.8 Å². The van der Waals surface area contributed by atoms with Crippen molar-refractivity contribution in [2.24, 2.45) is 5.92 Å². The molecule has 1 aliphatic carbocycles. The summed E-state index contributed by atoms with van der Waals surface area (Å²) in [7, 11) is 3.96. The minimum absolute atomic E-state index is 0.0434. The first-order chi connectivity index (χ1) is 20.4. The molecular formula is C34H41ClN4O3. The van der Waals surface area contributed by atoms with E-state index in [0.717, 1.165) is 67.3 Å². The largest absolute Gasteiger partial charge is 0.484 e. The van der Waals surface area contributed by atoms with Crippen LogP contribution in [0.4, 0.5) is 11.4 Å². The number of hydrogen-bond acceptors (Lipinski definition) is 5. The van der Waals surface area contributed by atoms with Crippen LogP contribution in [0.2, 0.25) is 5.02 Å². The van der Waals surface area contributed by atoms with Crippen LogP contribution in [-0.4, -0.2) is 68.5 Å². The number of ether oxygens (including phenoxy) is 1. The molecule has 5 rings (SSSR count). The summed E-state index contributed by atoms with van der Waals surface area (Å²) in [4.78, 5) is 35.4. The van der Waals surface area contributed by atoms with Crippen LogP contribution in [0, 0.1) is 5.92 Å². The molecule has 42 heavy (non-hydrogen) atoms. The van der Waals surface area contributed by atoms with E-state index in [2.05, 4.69) is 17.0 Å². The van der Waals surface area contributed by atoms with Crippen LogP contribution in [0.5, 0.6) is 5.75 Å². The molecule has 0 radical (unpaired) electrons. The lowest BCUT2D eigenvalue weighted by molar-refractivity contribution is -0.134. The van der Waals surface area contributed by atoms with Crippen LogP contribution in [0.15, 0.2) is 72.8 Å². The number of benzene rings is 3. The van der Waals surface area contributed by atoms with Crippen molar-refractivity contribution in [3.8, 4) is 5.75 Å². The predicted octanol–water partition coefficient (Wildman–Crippen LogP) is 5.85. The Kier molecular flexibility index (Phi) is 10.0. The standard InChI is InChI=1S/C34H41ClN4O3/c1-36(2)30-9-5-10-31(22-30)42-25-33(40)38-20-6-18-37(23-26-12-16-29(35)17-13-26)19-7-21-39(34(41)27-14-15-27)32-11-4-3-8-28(32)24-38/h3-5,8-13,16-17,22,27H,6-7,14-15,18-21,23-25H2,1-2H3. The fourth-order valence-electron chi connectivity index (χ4n) is 5.45. The lowest BCUT2D eigenvalue weighted by Gasteiger charge is -2.32. The normalized spacial score (nSPS) is 16.6. The average molecular weight is 589 g/mol. The van der Waals surface area contributed by atoms with E-state index in [9.17, 15) is 9.59 Å². The van der Waals surface area contributed by atoms with Crippen molar-refractivity contribution in [2.75, 3.05) is 56.7 Å². The van der Waals surface area contributed by atoms with Gasteiger partial charge in [0.15, 0.2) is 6.61 Å². The maximum absolute atomic E-state index is 13.6. The fraction of sp³-hybridized carbons (Fsp3) is 0.412. The summed E-state index contributed by atoms with van der Waals surface area (Å²) in [5.41, 5.74) is 4.12. The summed E-state index contributed by atoms with van der Waals surface area (Å²) >= 11 is 6.12. The van der Waals surface area contributed by atoms with Crippen LogP contribution < -0.4 is 14.5 Å². The number of carbonyl (C=O) groups excluding carboxylic acids is 2. The maximum Gasteiger partial charge on any atom is 0.260 e. The molecule has 1 fully saturated rings. The van der Waals surface area contributed by atoms with E-state index in [-0.39, 0.29) is 24.3 Å². The molecule has 2 aliphatic rings. The third-order valence-electron chi connectivity index (χ3n) is 7.96. The van der Waals surface area contributed by atoms with E-state index in [4.69, 9.17) is 16.3 Å². The first kappa shape index (κ1) is 29.9. The minimum atomic E-state index is -0.0681. The number of para-hydroxylation sites is 1. The Bertz CT molecular complexity index is 1360. The van der Waals surface area contributed by atoms with Crippen LogP contribution in [0.25, 0.3) is 0 Å². The quantitative estimate of drug-likeness (QED) is 0.346. The summed E-state index contributed by atoms with van der Waals surface area (Å²) in [5.74, 6) is 0.909. The van der Waals surface area contributed by atoms with E-state index in [1.54, 1.807) is 0 Å². The number of hydrogen-bond donors (Lipinski definition) is 0. The molecule has 0 spiro atoms. The van der Waals surface area contributed by atoms with Crippen LogP contribution >= 0.6 is 11.6 Å². The molecule has 0 saturated heterocycles. The Morgan fingerprint density at radius 2 is 1.64 bits per heavy atom. The van der Waals surface area contributed by atoms with E-state index < -0.39 is 0 Å². The van der Waals surface area contributed by atoms with E-state index in [1.165, 1.54) is 5.56 Å². The molecule has 0 bridgehead atoms. The zero-order valence-electron chi connectivity index (χ0n) is 24.7. The van der Waals surface area contributed by atoms with Crippen molar-refractivity contribution in [1.29, 1.82) is 0 Å². The van der Waals surface area contributed by atoms with Gasteiger partial charge < -0.3 is 19.4 Å². The Morgan fingerprint density at radius 3 is 2.38 bits per heavy atom. The molecule has 8 heteroatoms. The Morgan fingerprint density at radius 1 is 0.905 bits per heavy atom. The zero-order chi connectivity index (χ0) is 29.5. The van der Waals surface area contributed by atoms with E-state index in [1.807, 2.05) is 89.5 Å². The van der Waals surface area contributed by atoms with Gasteiger partial charge in [-0.2, -0.15) is 0 Å². The third-order valence-corrected chi connectivity index (χ3v) is 8.22. The first-order valence-corrected chi connectivity index (χ1v) is 15.3. The summed E-state index contributed by atoms with van der Waals surface area (Å²) in [6.07, 6.45) is 3.62. The molecule has 0 N–H and O–H groups in total. The van der Waals surface area contributed by atoms with Gasteiger partial charge in [-0.15, -0.1) is 0 Å². The van der Waals surface area contributed by atoms with Gasteiger partial charge in [0.05, 0.1) is 0 Å². The molecule has 0 aromatic heterocycles. The van der Waals surface area contributed by atoms with Gasteiger partial charge >= 0.3 is 0 Å². The van der Waals surface area contributed by atoms with Crippen molar-refractivity contribution in [3.05, 3.63) is 88.9 Å². The number of halogens is 1. The van der Waals surface area contributed by atoms with Gasteiger partial charge in [-0.05, 0) is 67.1 Å². The second-order valence-corrected chi connectivity index (χ2v) is 11.9. The van der Waals surface area contributed by atoms with Gasteiger partial charge in [0.25, 0.3) is 5.91 Å². The molecule has 2 amide bonds. The second kappa shape index (κ2) is 14.1. The molecule has 1 saturated carbocycles. The highest BCUT2D eigenvalue weighted by molar-refractivity contribution is 6.30. The lowest BCUT2D eigenvalue weighted by atomic mass is 10.1. The van der Waals surface area contributed by atoms with Gasteiger partial charge in [0.1, 0.15) is 5.75 Å². The minimum Gasteiger partial charge on any atom is -0.484 e. The van der Waals surface area contributed by atoms with Crippen molar-refractivity contribution in [1.82, 2.24) is 9.80 Å². The number of amides is 2. The highest BCUT2D eigenvalue weighted by Crippen LogP contribution is 2.34. The SMILES string of the molecule is CN(C)c1cccc(OCC(=O)N2CCCN(Cc3ccc(Cl)cc3)CCCN(C(=O)C3CC3)c3ccccc3C2)c1. The number of nitrogens with zero attached hydrogens (tertiary/aromatic N) is 4. The third kappa shape index (κ3) is 8.05. The fourth-order valence-corrected chi connectivity index (χ4v) is 5.57. The maximum atomic E-state index is 13.6. The number of rotatable bonds is 7. The first-order valence-electron chi connectivity index (χ1n) is 14.9. The van der Waals surface area contributed by atoms with Gasteiger partial charge in [-0.1, -0.05) is 48.0 Å². The summed E-state index contributed by atoms with van der Waals surface area (Å²) in [5, 5.41) is 0.727. The van der Waals surface area contributed by atoms with Crippen molar-refractivity contribution >= 4 is 34.8 Å². The van der Waals surface area contributed by atoms with Gasteiger partial charge in [0.2, 0.25) is 5.91 Å². The van der Waals surface area contributed by atoms with Crippen LogP contribution in [-0.2, 0) is 22.7 Å². The predicted molar refractivity (Wildman–Crippen MR) is 169 cm³/mol. The zero-order valence-corrected chi connectivity index (χ0v) is 25.4. The molecule has 3 aromatic carbocycles. The molecule has 1 heterocycles. The Hall–Kier alpha value is -3.55. The highest BCUT2D eigenvalue weighted by atomic mass is 35.5. The highest BCUT2D eigenvalue weighted by Gasteiger charge is 2.35. The lowest BCUT2D eigenvalue weighted by Crippen LogP contribution is -2.40. The monoisotopic (exact) mass is 588 g/mol. The molecular weight excluding hydrogens is 548 g/mol. The van der Waals surface area contributed by atoms with Crippen LogP contribution in [0.1, 0.15) is 36.8 Å². The van der Waals surface area contributed by atoms with Crippen molar-refractivity contribution in [3.63, 3.8) is 0 Å². The van der Waals surface area contributed by atoms with Gasteiger partial charge in [0, 0.05) is 81.7 Å². The molecule has 3 aromatic rings. The molecule has 7 nitrogen and oxygen atoms in total. The summed E-state index contributed by atoms with van der Waals surface area (Å²) in [6, 6.07) is 23.8. The smallest absolute Gasteiger partial charge is 0.260 e. The summed E-state index contributed by atoms with van der Waals surface area (Å²) < 4.78 is 5.98. The molecule has 0 atom stereocenters. The number of carbonyl (C=O) groups is 2. The molecule has 0 unspecified atom stereocenters. The molecule has 1 aliphatic heterocycles. The average Bonchev–Trinajstić information content (AvgIpc) is 3.84. The molecule has 222 valence electrons. The van der Waals surface area contributed by atoms with E-state index >= 15 is 0 Å². The van der Waals surface area contributed by atoms with E-state index in [0.29, 0.717) is 25.4 Å². The summed E-state index contributed by atoms with van der Waals surface area (Å²) in [6.45, 7) is 4.14. The van der Waals surface area contributed by atoms with Crippen molar-refractivity contribution < 1.29 is 14.3 Å². The number of fused-ring (bicyclic) bond motifs is 1.